The molecule has 0 bridgehead atoms. The highest BCUT2D eigenvalue weighted by Gasteiger charge is 2.04. The number of hydrogen-bond donors (Lipinski definition) is 1. The van der Waals surface area contributed by atoms with Crippen LogP contribution in [0.25, 0.3) is 11.3 Å². The molecule has 0 atom stereocenters. The number of aromatic amines is 1. The molecule has 0 amide bonds. The molecule has 0 radical (unpaired) electrons. The lowest BCUT2D eigenvalue weighted by molar-refractivity contribution is 0.816. The topological polar surface area (TPSA) is 37.8 Å². The third-order valence-electron chi connectivity index (χ3n) is 2.97. The third-order valence-corrected chi connectivity index (χ3v) is 3.19. The Bertz CT molecular complexity index is 683. The Labute approximate surface area is 105 Å². The second-order valence-corrected chi connectivity index (χ2v) is 4.62. The second-order valence-electron chi connectivity index (χ2n) is 4.18. The summed E-state index contributed by atoms with van der Waals surface area (Å²) < 4.78 is 2.03. The third kappa shape index (κ3) is 2.22. The molecule has 17 heavy (non-hydrogen) atoms. The number of nitrogens with zero attached hydrogens (tertiary/aromatic N) is 1. The maximum atomic E-state index is 11.6. The number of aromatic nitrogens is 2. The Morgan fingerprint density at radius 3 is 2.53 bits per heavy atom. The molecule has 1 aromatic carbocycles. The van der Waals surface area contributed by atoms with E-state index in [4.69, 9.17) is 12.2 Å². The predicted molar refractivity (Wildman–Crippen MR) is 71.8 cm³/mol. The largest absolute Gasteiger partial charge is 0.326 e. The summed E-state index contributed by atoms with van der Waals surface area (Å²) >= 11 is 5.04. The van der Waals surface area contributed by atoms with Gasteiger partial charge in [0.05, 0.1) is 5.69 Å². The quantitative estimate of drug-likeness (QED) is 0.786. The molecule has 0 aliphatic heterocycles. The van der Waals surface area contributed by atoms with E-state index >= 15 is 0 Å². The molecule has 0 saturated carbocycles. The Morgan fingerprint density at radius 1 is 1.18 bits per heavy atom. The van der Waals surface area contributed by atoms with Crippen LogP contribution in [0.15, 0.2) is 29.1 Å². The minimum Gasteiger partial charge on any atom is -0.298 e. The van der Waals surface area contributed by atoms with Gasteiger partial charge in [0.25, 0.3) is 0 Å². The molecule has 0 fully saturated rings. The number of benzene rings is 1. The van der Waals surface area contributed by atoms with Crippen LogP contribution in [0.5, 0.6) is 0 Å². The molecule has 88 valence electrons. The number of nitrogens with one attached hydrogen (secondary N) is 1. The number of hydrogen-bond acceptors (Lipinski definition) is 2. The second kappa shape index (κ2) is 4.30. The van der Waals surface area contributed by atoms with Gasteiger partial charge in [0.15, 0.2) is 0 Å². The van der Waals surface area contributed by atoms with E-state index in [1.54, 1.807) is 17.7 Å². The molecular weight excluding hydrogens is 232 g/mol. The van der Waals surface area contributed by atoms with Crippen molar-refractivity contribution in [3.63, 3.8) is 0 Å². The van der Waals surface area contributed by atoms with E-state index in [-0.39, 0.29) is 5.69 Å². The number of rotatable bonds is 1. The Kier molecular flexibility index (Phi) is 2.98. The van der Waals surface area contributed by atoms with Crippen LogP contribution in [0.2, 0.25) is 0 Å². The van der Waals surface area contributed by atoms with Crippen molar-refractivity contribution in [2.24, 2.45) is 7.05 Å². The van der Waals surface area contributed by atoms with Crippen LogP contribution in [0.4, 0.5) is 0 Å². The summed E-state index contributed by atoms with van der Waals surface area (Å²) in [6.45, 7) is 4.12. The standard InChI is InChI=1S/C13H14N2OS/c1-8-4-5-10(6-9(8)2)11-7-12(17)14-13(16)15(11)3/h4-7H,1-3H3,(H,14,16,17). The van der Waals surface area contributed by atoms with Crippen molar-refractivity contribution < 1.29 is 0 Å². The maximum Gasteiger partial charge on any atom is 0.326 e. The molecule has 0 unspecified atom stereocenters. The van der Waals surface area contributed by atoms with Crippen LogP contribution in [0.3, 0.4) is 0 Å². The van der Waals surface area contributed by atoms with Gasteiger partial charge in [-0.3, -0.25) is 9.55 Å². The van der Waals surface area contributed by atoms with Gasteiger partial charge in [0, 0.05) is 7.05 Å². The van der Waals surface area contributed by atoms with Gasteiger partial charge in [-0.2, -0.15) is 0 Å². The number of aryl methyl sites for hydroxylation is 2. The molecule has 1 heterocycles. The van der Waals surface area contributed by atoms with Crippen molar-refractivity contribution in [3.05, 3.63) is 50.5 Å². The smallest absolute Gasteiger partial charge is 0.298 e. The molecule has 3 nitrogen and oxygen atoms in total. The molecular formula is C13H14N2OS. The molecule has 1 N–H and O–H groups in total. The van der Waals surface area contributed by atoms with E-state index in [1.165, 1.54) is 11.1 Å². The maximum absolute atomic E-state index is 11.6. The van der Waals surface area contributed by atoms with Gasteiger partial charge in [0.1, 0.15) is 4.64 Å². The first-order chi connectivity index (χ1) is 7.99. The van der Waals surface area contributed by atoms with Crippen molar-refractivity contribution in [2.75, 3.05) is 0 Å². The lowest BCUT2D eigenvalue weighted by Crippen LogP contribution is -2.21. The van der Waals surface area contributed by atoms with E-state index < -0.39 is 0 Å². The van der Waals surface area contributed by atoms with Gasteiger partial charge in [-0.25, -0.2) is 4.79 Å². The van der Waals surface area contributed by atoms with Gasteiger partial charge >= 0.3 is 5.69 Å². The first-order valence-corrected chi connectivity index (χ1v) is 5.78. The first-order valence-electron chi connectivity index (χ1n) is 5.37. The fourth-order valence-electron chi connectivity index (χ4n) is 1.73. The SMILES string of the molecule is Cc1ccc(-c2cc(=S)[nH]c(=O)n2C)cc1C. The Balaban J connectivity index is 2.72. The normalized spacial score (nSPS) is 10.5. The fourth-order valence-corrected chi connectivity index (χ4v) is 1.93. The zero-order valence-electron chi connectivity index (χ0n) is 10.1. The van der Waals surface area contributed by atoms with Crippen molar-refractivity contribution in [1.29, 1.82) is 0 Å². The van der Waals surface area contributed by atoms with Crippen LogP contribution >= 0.6 is 12.2 Å². The highest BCUT2D eigenvalue weighted by atomic mass is 32.1. The summed E-state index contributed by atoms with van der Waals surface area (Å²) in [6.07, 6.45) is 0. The van der Waals surface area contributed by atoms with Crippen molar-refractivity contribution in [3.8, 4) is 11.3 Å². The fraction of sp³-hybridized carbons (Fsp3) is 0.231. The molecule has 0 aliphatic rings. The summed E-state index contributed by atoms with van der Waals surface area (Å²) in [4.78, 5) is 14.2. The van der Waals surface area contributed by atoms with Gasteiger partial charge in [-0.1, -0.05) is 24.4 Å². The van der Waals surface area contributed by atoms with Crippen LogP contribution in [-0.4, -0.2) is 9.55 Å². The summed E-state index contributed by atoms with van der Waals surface area (Å²) in [5.74, 6) is 0. The molecule has 0 saturated heterocycles. The lowest BCUT2D eigenvalue weighted by Gasteiger charge is -2.09. The Morgan fingerprint density at radius 2 is 1.88 bits per heavy atom. The van der Waals surface area contributed by atoms with E-state index in [0.717, 1.165) is 11.3 Å². The Hall–Kier alpha value is -1.68. The molecule has 0 aliphatic carbocycles. The number of H-pyrrole nitrogens is 1. The van der Waals surface area contributed by atoms with Crippen LogP contribution in [0, 0.1) is 18.5 Å². The van der Waals surface area contributed by atoms with Crippen molar-refractivity contribution in [2.45, 2.75) is 13.8 Å². The zero-order valence-corrected chi connectivity index (χ0v) is 10.9. The minimum absolute atomic E-state index is 0.189. The van der Waals surface area contributed by atoms with Crippen LogP contribution < -0.4 is 5.69 Å². The van der Waals surface area contributed by atoms with Crippen LogP contribution in [0.1, 0.15) is 11.1 Å². The zero-order chi connectivity index (χ0) is 12.6. The van der Waals surface area contributed by atoms with E-state index in [0.29, 0.717) is 4.64 Å². The predicted octanol–water partition coefficient (Wildman–Crippen LogP) is 2.73. The molecule has 4 heteroatoms. The minimum atomic E-state index is -0.189. The first kappa shape index (κ1) is 11.8. The van der Waals surface area contributed by atoms with Gasteiger partial charge < -0.3 is 0 Å². The van der Waals surface area contributed by atoms with Gasteiger partial charge in [-0.05, 0) is 42.7 Å². The summed E-state index contributed by atoms with van der Waals surface area (Å²) in [5, 5.41) is 0. The van der Waals surface area contributed by atoms with E-state index in [2.05, 4.69) is 31.0 Å². The summed E-state index contributed by atoms with van der Waals surface area (Å²) in [5.41, 5.74) is 4.09. The summed E-state index contributed by atoms with van der Waals surface area (Å²) in [6, 6.07) is 7.93. The highest BCUT2D eigenvalue weighted by Crippen LogP contribution is 2.20. The van der Waals surface area contributed by atoms with Crippen LogP contribution in [-0.2, 0) is 7.05 Å². The van der Waals surface area contributed by atoms with Gasteiger partial charge in [-0.15, -0.1) is 0 Å². The highest BCUT2D eigenvalue weighted by molar-refractivity contribution is 7.71. The summed E-state index contributed by atoms with van der Waals surface area (Å²) in [7, 11) is 1.73. The molecule has 2 aromatic rings. The van der Waals surface area contributed by atoms with E-state index in [9.17, 15) is 4.79 Å². The van der Waals surface area contributed by atoms with Crippen molar-refractivity contribution in [1.82, 2.24) is 9.55 Å². The average Bonchev–Trinajstić information content (AvgIpc) is 2.27. The monoisotopic (exact) mass is 246 g/mol. The average molecular weight is 246 g/mol. The molecule has 2 rings (SSSR count). The molecule has 0 spiro atoms. The van der Waals surface area contributed by atoms with Crippen molar-refractivity contribution >= 4 is 12.2 Å². The van der Waals surface area contributed by atoms with E-state index in [1.807, 2.05) is 6.07 Å². The van der Waals surface area contributed by atoms with Gasteiger partial charge in [0.2, 0.25) is 0 Å². The lowest BCUT2D eigenvalue weighted by atomic mass is 10.0. The molecule has 1 aromatic heterocycles.